The maximum absolute atomic E-state index is 5.60. The summed E-state index contributed by atoms with van der Waals surface area (Å²) in [6.07, 6.45) is 2.76. The van der Waals surface area contributed by atoms with Crippen LogP contribution in [0.1, 0.15) is 11.1 Å². The van der Waals surface area contributed by atoms with Gasteiger partial charge in [-0.25, -0.2) is 4.98 Å². The van der Waals surface area contributed by atoms with E-state index in [-0.39, 0.29) is 0 Å². The minimum atomic E-state index is 0.517. The van der Waals surface area contributed by atoms with E-state index in [9.17, 15) is 0 Å². The summed E-state index contributed by atoms with van der Waals surface area (Å²) in [6, 6.07) is 0. The van der Waals surface area contributed by atoms with E-state index in [0.29, 0.717) is 5.82 Å². The van der Waals surface area contributed by atoms with Crippen molar-refractivity contribution in [2.75, 3.05) is 12.3 Å². The molecule has 1 aliphatic rings. The number of hydrogen-bond acceptors (Lipinski definition) is 3. The minimum absolute atomic E-state index is 0.517. The van der Waals surface area contributed by atoms with E-state index < -0.39 is 0 Å². The van der Waals surface area contributed by atoms with Crippen LogP contribution in [0.4, 0.5) is 5.82 Å². The molecule has 58 valence electrons. The zero-order chi connectivity index (χ0) is 7.84. The summed E-state index contributed by atoms with van der Waals surface area (Å²) in [5.74, 6) is 1.31. The molecule has 2 heterocycles. The molecule has 11 heavy (non-hydrogen) atoms. The highest BCUT2D eigenvalue weighted by Gasteiger charge is 2.17. The number of nitrogens with two attached hydrogens (primary N) is 1. The fraction of sp³-hybridized carbons (Fsp3) is 0.375. The van der Waals surface area contributed by atoms with Gasteiger partial charge < -0.3 is 10.5 Å². The van der Waals surface area contributed by atoms with Gasteiger partial charge in [-0.2, -0.15) is 0 Å². The number of aromatic nitrogens is 1. The molecule has 1 aliphatic heterocycles. The summed E-state index contributed by atoms with van der Waals surface area (Å²) in [4.78, 5) is 4.00. The second-order valence-corrected chi connectivity index (χ2v) is 2.73. The monoisotopic (exact) mass is 150 g/mol. The van der Waals surface area contributed by atoms with Crippen LogP contribution in [-0.4, -0.2) is 11.6 Å². The van der Waals surface area contributed by atoms with E-state index >= 15 is 0 Å². The van der Waals surface area contributed by atoms with Crippen molar-refractivity contribution in [3.63, 3.8) is 0 Å². The van der Waals surface area contributed by atoms with E-state index in [4.69, 9.17) is 10.5 Å². The van der Waals surface area contributed by atoms with E-state index in [1.165, 1.54) is 11.1 Å². The number of nitrogen functional groups attached to an aromatic ring is 1. The van der Waals surface area contributed by atoms with Gasteiger partial charge in [0.05, 0.1) is 6.61 Å². The fourth-order valence-corrected chi connectivity index (χ4v) is 1.36. The lowest BCUT2D eigenvalue weighted by Gasteiger charge is -2.03. The Labute approximate surface area is 65.2 Å². The third-order valence-corrected chi connectivity index (χ3v) is 1.98. The van der Waals surface area contributed by atoms with Crippen molar-refractivity contribution in [3.05, 3.63) is 17.3 Å². The molecule has 1 aromatic heterocycles. The molecule has 2 N–H and O–H groups in total. The second-order valence-electron chi connectivity index (χ2n) is 2.73. The molecule has 0 saturated heterocycles. The lowest BCUT2D eigenvalue weighted by Crippen LogP contribution is -1.95. The van der Waals surface area contributed by atoms with Crippen molar-refractivity contribution < 1.29 is 4.74 Å². The molecular weight excluding hydrogens is 140 g/mol. The van der Waals surface area contributed by atoms with Gasteiger partial charge in [-0.3, -0.25) is 0 Å². The number of fused-ring (bicyclic) bond motifs is 1. The molecule has 0 bridgehead atoms. The molecule has 1 aromatic rings. The molecule has 0 aromatic carbocycles. The molecule has 0 amide bonds. The van der Waals surface area contributed by atoms with Gasteiger partial charge in [0.15, 0.2) is 11.6 Å². The highest BCUT2D eigenvalue weighted by molar-refractivity contribution is 5.55. The Morgan fingerprint density at radius 1 is 1.64 bits per heavy atom. The van der Waals surface area contributed by atoms with Crippen molar-refractivity contribution in [2.45, 2.75) is 13.3 Å². The number of hydrogen-bond donors (Lipinski definition) is 1. The van der Waals surface area contributed by atoms with Crippen LogP contribution in [-0.2, 0) is 6.42 Å². The first kappa shape index (κ1) is 6.46. The summed E-state index contributed by atoms with van der Waals surface area (Å²) in [7, 11) is 0. The Hall–Kier alpha value is -1.25. The van der Waals surface area contributed by atoms with Crippen LogP contribution in [0.2, 0.25) is 0 Å². The Morgan fingerprint density at radius 3 is 3.18 bits per heavy atom. The number of anilines is 1. The Bertz CT molecular complexity index is 267. The average Bonchev–Trinajstić information content (AvgIpc) is 2.45. The van der Waals surface area contributed by atoms with E-state index in [0.717, 1.165) is 18.8 Å². The van der Waals surface area contributed by atoms with Crippen molar-refractivity contribution >= 4 is 5.82 Å². The molecule has 0 atom stereocenters. The fourth-order valence-electron chi connectivity index (χ4n) is 1.36. The zero-order valence-electron chi connectivity index (χ0n) is 6.42. The molecule has 2 rings (SSSR count). The summed E-state index contributed by atoms with van der Waals surface area (Å²) in [5.41, 5.74) is 8.00. The van der Waals surface area contributed by atoms with Gasteiger partial charge in [0.25, 0.3) is 0 Å². The second kappa shape index (κ2) is 2.12. The van der Waals surface area contributed by atoms with Crippen LogP contribution < -0.4 is 10.5 Å². The standard InChI is InChI=1S/C8H10N2O/c1-5-4-10-8(9)7-6(5)2-3-11-7/h4H,2-3H2,1H3,(H2,9,10). The molecule has 0 fully saturated rings. The lowest BCUT2D eigenvalue weighted by atomic mass is 10.1. The molecule has 0 saturated carbocycles. The third-order valence-electron chi connectivity index (χ3n) is 1.98. The van der Waals surface area contributed by atoms with Gasteiger partial charge >= 0.3 is 0 Å². The van der Waals surface area contributed by atoms with Gasteiger partial charge in [0, 0.05) is 18.2 Å². The van der Waals surface area contributed by atoms with Crippen LogP contribution in [0.15, 0.2) is 6.20 Å². The first-order valence-corrected chi connectivity index (χ1v) is 3.66. The SMILES string of the molecule is Cc1cnc(N)c2c1CCO2. The van der Waals surface area contributed by atoms with Crippen LogP contribution in [0.3, 0.4) is 0 Å². The minimum Gasteiger partial charge on any atom is -0.489 e. The molecular formula is C8H10N2O. The number of rotatable bonds is 0. The maximum Gasteiger partial charge on any atom is 0.166 e. The first-order valence-electron chi connectivity index (χ1n) is 3.66. The highest BCUT2D eigenvalue weighted by atomic mass is 16.5. The van der Waals surface area contributed by atoms with Gasteiger partial charge in [-0.05, 0) is 12.5 Å². The maximum atomic E-state index is 5.60. The predicted molar refractivity (Wildman–Crippen MR) is 42.6 cm³/mol. The Balaban J connectivity index is 2.64. The number of ether oxygens (including phenoxy) is 1. The molecule has 0 aliphatic carbocycles. The normalized spacial score (nSPS) is 14.3. The van der Waals surface area contributed by atoms with Crippen molar-refractivity contribution in [1.29, 1.82) is 0 Å². The van der Waals surface area contributed by atoms with Crippen LogP contribution in [0, 0.1) is 6.92 Å². The smallest absolute Gasteiger partial charge is 0.166 e. The van der Waals surface area contributed by atoms with Gasteiger partial charge in [-0.15, -0.1) is 0 Å². The largest absolute Gasteiger partial charge is 0.489 e. The molecule has 0 unspecified atom stereocenters. The molecule has 0 radical (unpaired) electrons. The van der Waals surface area contributed by atoms with Crippen molar-refractivity contribution in [1.82, 2.24) is 4.98 Å². The van der Waals surface area contributed by atoms with Crippen molar-refractivity contribution in [3.8, 4) is 5.75 Å². The van der Waals surface area contributed by atoms with Crippen LogP contribution >= 0.6 is 0 Å². The lowest BCUT2D eigenvalue weighted by molar-refractivity contribution is 0.357. The summed E-state index contributed by atoms with van der Waals surface area (Å²) in [5, 5.41) is 0. The highest BCUT2D eigenvalue weighted by Crippen LogP contribution is 2.31. The Kier molecular flexibility index (Phi) is 1.24. The average molecular weight is 150 g/mol. The Morgan fingerprint density at radius 2 is 2.45 bits per heavy atom. The predicted octanol–water partition coefficient (Wildman–Crippen LogP) is 0.907. The van der Waals surface area contributed by atoms with Crippen LogP contribution in [0.25, 0.3) is 0 Å². The van der Waals surface area contributed by atoms with Crippen molar-refractivity contribution in [2.24, 2.45) is 0 Å². The zero-order valence-corrected chi connectivity index (χ0v) is 6.42. The summed E-state index contributed by atoms with van der Waals surface area (Å²) in [6.45, 7) is 2.77. The first-order chi connectivity index (χ1) is 5.29. The van der Waals surface area contributed by atoms with Gasteiger partial charge in [0.2, 0.25) is 0 Å². The van der Waals surface area contributed by atoms with E-state index in [1.54, 1.807) is 6.20 Å². The number of pyridine rings is 1. The topological polar surface area (TPSA) is 48.1 Å². The molecule has 3 heteroatoms. The number of aryl methyl sites for hydroxylation is 1. The van der Waals surface area contributed by atoms with E-state index in [2.05, 4.69) is 4.98 Å². The van der Waals surface area contributed by atoms with Crippen LogP contribution in [0.5, 0.6) is 5.75 Å². The summed E-state index contributed by atoms with van der Waals surface area (Å²) < 4.78 is 5.32. The number of nitrogens with zero attached hydrogens (tertiary/aromatic N) is 1. The van der Waals surface area contributed by atoms with Gasteiger partial charge in [-0.1, -0.05) is 0 Å². The quantitative estimate of drug-likeness (QED) is 0.598. The molecule has 3 nitrogen and oxygen atoms in total. The molecule has 0 spiro atoms. The summed E-state index contributed by atoms with van der Waals surface area (Å²) >= 11 is 0. The van der Waals surface area contributed by atoms with Gasteiger partial charge in [0.1, 0.15) is 0 Å². The van der Waals surface area contributed by atoms with E-state index in [1.807, 2.05) is 6.92 Å². The third kappa shape index (κ3) is 0.843.